The Morgan fingerprint density at radius 2 is 2.15 bits per heavy atom. The summed E-state index contributed by atoms with van der Waals surface area (Å²) >= 11 is 0. The standard InChI is InChI=1S/C18H30N4O3S/c1-4-19-18(21-10-12-22-11-5-13-26(22,23)24)20-9-8-16-14-15(2)6-7-17(16)25-3/h6-7,14H,4-5,8-13H2,1-3H3,(H2,19,20,21). The molecule has 1 aromatic rings. The molecule has 0 amide bonds. The smallest absolute Gasteiger partial charge is 0.214 e. The maximum absolute atomic E-state index is 11.8. The van der Waals surface area contributed by atoms with E-state index in [4.69, 9.17) is 4.74 Å². The first-order valence-electron chi connectivity index (χ1n) is 9.10. The molecule has 0 spiro atoms. The molecule has 0 radical (unpaired) electrons. The molecule has 1 heterocycles. The molecule has 0 aromatic heterocycles. The van der Waals surface area contributed by atoms with Gasteiger partial charge in [0.15, 0.2) is 5.96 Å². The largest absolute Gasteiger partial charge is 0.496 e. The van der Waals surface area contributed by atoms with Crippen LogP contribution in [0.2, 0.25) is 0 Å². The highest BCUT2D eigenvalue weighted by Gasteiger charge is 2.27. The Labute approximate surface area is 156 Å². The Kier molecular flexibility index (Phi) is 7.71. The highest BCUT2D eigenvalue weighted by Crippen LogP contribution is 2.19. The summed E-state index contributed by atoms with van der Waals surface area (Å²) in [6.07, 6.45) is 1.53. The van der Waals surface area contributed by atoms with Crippen LogP contribution in [0.25, 0.3) is 0 Å². The predicted molar refractivity (Wildman–Crippen MR) is 105 cm³/mol. The number of aliphatic imine (C=N–C) groups is 1. The van der Waals surface area contributed by atoms with Gasteiger partial charge in [0.2, 0.25) is 10.0 Å². The molecule has 0 bridgehead atoms. The lowest BCUT2D eigenvalue weighted by Gasteiger charge is -2.15. The van der Waals surface area contributed by atoms with Crippen molar-refractivity contribution >= 4 is 16.0 Å². The number of nitrogens with zero attached hydrogens (tertiary/aromatic N) is 2. The molecule has 7 nitrogen and oxygen atoms in total. The summed E-state index contributed by atoms with van der Waals surface area (Å²) in [6.45, 7) is 7.03. The number of guanidine groups is 1. The van der Waals surface area contributed by atoms with E-state index in [1.54, 1.807) is 7.11 Å². The lowest BCUT2D eigenvalue weighted by atomic mass is 10.1. The minimum Gasteiger partial charge on any atom is -0.496 e. The fourth-order valence-electron chi connectivity index (χ4n) is 2.98. The molecular formula is C18H30N4O3S. The molecule has 0 saturated carbocycles. The summed E-state index contributed by atoms with van der Waals surface area (Å²) in [5, 5.41) is 6.50. The van der Waals surface area contributed by atoms with Gasteiger partial charge >= 0.3 is 0 Å². The van der Waals surface area contributed by atoms with Gasteiger partial charge in [-0.3, -0.25) is 4.99 Å². The Hall–Kier alpha value is -1.80. The van der Waals surface area contributed by atoms with Gasteiger partial charge in [-0.15, -0.1) is 0 Å². The van der Waals surface area contributed by atoms with Crippen LogP contribution >= 0.6 is 0 Å². The monoisotopic (exact) mass is 382 g/mol. The van der Waals surface area contributed by atoms with Gasteiger partial charge in [-0.05, 0) is 38.3 Å². The van der Waals surface area contributed by atoms with Crippen LogP contribution < -0.4 is 15.4 Å². The number of methoxy groups -OCH3 is 1. The molecule has 1 saturated heterocycles. The minimum absolute atomic E-state index is 0.257. The van der Waals surface area contributed by atoms with Crippen LogP contribution in [0.3, 0.4) is 0 Å². The quantitative estimate of drug-likeness (QED) is 0.520. The number of aryl methyl sites for hydroxylation is 1. The first kappa shape index (κ1) is 20.5. The Morgan fingerprint density at radius 1 is 1.35 bits per heavy atom. The van der Waals surface area contributed by atoms with E-state index in [-0.39, 0.29) is 5.75 Å². The van der Waals surface area contributed by atoms with Crippen LogP contribution in [-0.2, 0) is 16.4 Å². The molecule has 1 aliphatic heterocycles. The van der Waals surface area contributed by atoms with E-state index >= 15 is 0 Å². The van der Waals surface area contributed by atoms with Crippen molar-refractivity contribution in [2.24, 2.45) is 4.99 Å². The third-order valence-electron chi connectivity index (χ3n) is 4.29. The molecule has 2 N–H and O–H groups in total. The summed E-state index contributed by atoms with van der Waals surface area (Å²) in [7, 11) is -1.37. The number of rotatable bonds is 8. The fourth-order valence-corrected chi connectivity index (χ4v) is 4.49. The van der Waals surface area contributed by atoms with Crippen molar-refractivity contribution in [2.45, 2.75) is 26.7 Å². The van der Waals surface area contributed by atoms with Crippen molar-refractivity contribution in [3.63, 3.8) is 0 Å². The van der Waals surface area contributed by atoms with Crippen LogP contribution in [0.5, 0.6) is 5.75 Å². The van der Waals surface area contributed by atoms with E-state index in [1.807, 2.05) is 19.1 Å². The Balaban J connectivity index is 1.86. The second-order valence-corrected chi connectivity index (χ2v) is 8.41. The van der Waals surface area contributed by atoms with Gasteiger partial charge < -0.3 is 15.4 Å². The summed E-state index contributed by atoms with van der Waals surface area (Å²) in [4.78, 5) is 4.49. The van der Waals surface area contributed by atoms with Crippen molar-refractivity contribution < 1.29 is 13.2 Å². The first-order chi connectivity index (χ1) is 12.5. The number of benzene rings is 1. The molecule has 26 heavy (non-hydrogen) atoms. The zero-order valence-corrected chi connectivity index (χ0v) is 16.7. The molecular weight excluding hydrogens is 352 g/mol. The molecule has 1 aromatic carbocycles. The van der Waals surface area contributed by atoms with Gasteiger partial charge in [0, 0.05) is 26.2 Å². The van der Waals surface area contributed by atoms with Crippen molar-refractivity contribution in [3.8, 4) is 5.75 Å². The van der Waals surface area contributed by atoms with Crippen LogP contribution in [0, 0.1) is 6.92 Å². The number of nitrogens with one attached hydrogen (secondary N) is 2. The second-order valence-electron chi connectivity index (χ2n) is 6.32. The number of hydrogen-bond acceptors (Lipinski definition) is 4. The lowest BCUT2D eigenvalue weighted by molar-refractivity contribution is 0.409. The Morgan fingerprint density at radius 3 is 2.81 bits per heavy atom. The van der Waals surface area contributed by atoms with Gasteiger partial charge in [-0.25, -0.2) is 12.7 Å². The van der Waals surface area contributed by atoms with Crippen molar-refractivity contribution in [3.05, 3.63) is 29.3 Å². The minimum atomic E-state index is -3.05. The van der Waals surface area contributed by atoms with Gasteiger partial charge in [-0.1, -0.05) is 17.7 Å². The van der Waals surface area contributed by atoms with Crippen LogP contribution in [0.4, 0.5) is 0 Å². The average Bonchev–Trinajstić information content (AvgIpc) is 2.93. The van der Waals surface area contributed by atoms with Crippen LogP contribution in [-0.4, -0.2) is 64.3 Å². The first-order valence-corrected chi connectivity index (χ1v) is 10.7. The van der Waals surface area contributed by atoms with Crippen LogP contribution in [0.15, 0.2) is 23.2 Å². The zero-order valence-electron chi connectivity index (χ0n) is 15.9. The lowest BCUT2D eigenvalue weighted by Crippen LogP contribution is -2.39. The summed E-state index contributed by atoms with van der Waals surface area (Å²) in [5.41, 5.74) is 2.35. The summed E-state index contributed by atoms with van der Waals surface area (Å²) < 4.78 is 30.6. The molecule has 146 valence electrons. The molecule has 0 unspecified atom stereocenters. The Bertz CT molecular complexity index is 719. The van der Waals surface area contributed by atoms with Gasteiger partial charge in [0.05, 0.1) is 19.4 Å². The normalized spacial score (nSPS) is 17.3. The molecule has 1 fully saturated rings. The maximum Gasteiger partial charge on any atom is 0.214 e. The molecule has 1 aliphatic rings. The van der Waals surface area contributed by atoms with E-state index in [9.17, 15) is 8.42 Å². The maximum atomic E-state index is 11.8. The van der Waals surface area contributed by atoms with Crippen molar-refractivity contribution in [1.29, 1.82) is 0 Å². The number of sulfonamides is 1. The second kappa shape index (κ2) is 9.78. The number of ether oxygens (including phenoxy) is 1. The van der Waals surface area contributed by atoms with E-state index in [0.29, 0.717) is 38.6 Å². The predicted octanol–water partition coefficient (Wildman–Crippen LogP) is 1.14. The highest BCUT2D eigenvalue weighted by molar-refractivity contribution is 7.89. The van der Waals surface area contributed by atoms with Gasteiger partial charge in [0.25, 0.3) is 0 Å². The fraction of sp³-hybridized carbons (Fsp3) is 0.611. The van der Waals surface area contributed by atoms with E-state index in [2.05, 4.69) is 28.6 Å². The zero-order chi connectivity index (χ0) is 19.0. The summed E-state index contributed by atoms with van der Waals surface area (Å²) in [5.74, 6) is 1.85. The van der Waals surface area contributed by atoms with E-state index in [1.165, 1.54) is 9.87 Å². The molecule has 0 atom stereocenters. The highest BCUT2D eigenvalue weighted by atomic mass is 32.2. The third kappa shape index (κ3) is 5.88. The third-order valence-corrected chi connectivity index (χ3v) is 6.25. The SMILES string of the molecule is CCNC(=NCCN1CCCS1(=O)=O)NCCc1cc(C)ccc1OC. The average molecular weight is 383 g/mol. The van der Waals surface area contributed by atoms with Crippen molar-refractivity contribution in [1.82, 2.24) is 14.9 Å². The molecule has 8 heteroatoms. The summed E-state index contributed by atoms with van der Waals surface area (Å²) in [6, 6.07) is 6.15. The topological polar surface area (TPSA) is 83.0 Å². The van der Waals surface area contributed by atoms with E-state index in [0.717, 1.165) is 24.3 Å². The van der Waals surface area contributed by atoms with Gasteiger partial charge in [-0.2, -0.15) is 0 Å². The van der Waals surface area contributed by atoms with Gasteiger partial charge in [0.1, 0.15) is 5.75 Å². The molecule has 0 aliphatic carbocycles. The van der Waals surface area contributed by atoms with Crippen molar-refractivity contribution in [2.75, 3.05) is 45.6 Å². The van der Waals surface area contributed by atoms with E-state index < -0.39 is 10.0 Å². The van der Waals surface area contributed by atoms with Crippen LogP contribution in [0.1, 0.15) is 24.5 Å². The number of hydrogen-bond donors (Lipinski definition) is 2. The molecule has 2 rings (SSSR count).